The van der Waals surface area contributed by atoms with Crippen LogP contribution in [-0.4, -0.2) is 47.7 Å². The van der Waals surface area contributed by atoms with Gasteiger partial charge in [-0.2, -0.15) is 0 Å². The second kappa shape index (κ2) is 6.39. The number of aliphatic carboxylic acids is 1. The summed E-state index contributed by atoms with van der Waals surface area (Å²) in [5.74, 6) is -0.921. The van der Waals surface area contributed by atoms with Crippen LogP contribution in [0.25, 0.3) is 0 Å². The van der Waals surface area contributed by atoms with Gasteiger partial charge in [0.25, 0.3) is 0 Å². The maximum atomic E-state index is 12.0. The Balaban J connectivity index is 2.57. The van der Waals surface area contributed by atoms with Gasteiger partial charge < -0.3 is 14.7 Å². The van der Waals surface area contributed by atoms with E-state index in [0.717, 1.165) is 6.42 Å². The average molecular weight is 241 g/mol. The van der Waals surface area contributed by atoms with Crippen molar-refractivity contribution in [2.45, 2.75) is 32.8 Å². The van der Waals surface area contributed by atoms with Gasteiger partial charge in [-0.25, -0.2) is 0 Å². The highest BCUT2D eigenvalue weighted by Crippen LogP contribution is 2.12. The van der Waals surface area contributed by atoms with Gasteiger partial charge in [-0.3, -0.25) is 9.59 Å². The third-order valence-corrected chi connectivity index (χ3v) is 2.68. The first-order chi connectivity index (χ1) is 8.04. The van der Waals surface area contributed by atoms with E-state index in [2.05, 4.69) is 0 Å². The van der Waals surface area contributed by atoms with Crippen LogP contribution in [0.5, 0.6) is 0 Å². The van der Waals surface area contributed by atoms with E-state index in [-0.39, 0.29) is 18.4 Å². The molecule has 17 heavy (non-hydrogen) atoms. The zero-order valence-electron chi connectivity index (χ0n) is 10.3. The Morgan fingerprint density at radius 2 is 2.24 bits per heavy atom. The minimum absolute atomic E-state index is 0.0226. The van der Waals surface area contributed by atoms with Gasteiger partial charge in [-0.05, 0) is 13.3 Å². The first-order valence-corrected chi connectivity index (χ1v) is 5.84. The molecule has 0 aromatic carbocycles. The summed E-state index contributed by atoms with van der Waals surface area (Å²) in [7, 11) is 0. The number of carbonyl (C=O) groups excluding carboxylic acids is 1. The lowest BCUT2D eigenvalue weighted by molar-refractivity contribution is -0.146. The molecule has 1 heterocycles. The normalized spacial score (nSPS) is 21.4. The van der Waals surface area contributed by atoms with Crippen molar-refractivity contribution in [3.8, 4) is 0 Å². The Bertz CT molecular complexity index is 324. The van der Waals surface area contributed by atoms with Crippen LogP contribution in [-0.2, 0) is 14.3 Å². The van der Waals surface area contributed by atoms with Crippen molar-refractivity contribution in [1.82, 2.24) is 4.90 Å². The molecule has 0 aromatic heterocycles. The van der Waals surface area contributed by atoms with E-state index in [0.29, 0.717) is 25.3 Å². The fourth-order valence-corrected chi connectivity index (χ4v) is 1.86. The zero-order chi connectivity index (χ0) is 12.8. The number of carboxylic acids is 1. The van der Waals surface area contributed by atoms with E-state index in [1.54, 1.807) is 11.8 Å². The van der Waals surface area contributed by atoms with E-state index < -0.39 is 5.97 Å². The summed E-state index contributed by atoms with van der Waals surface area (Å²) in [5.41, 5.74) is 0.712. The van der Waals surface area contributed by atoms with Gasteiger partial charge in [0.1, 0.15) is 0 Å². The molecule has 5 heteroatoms. The zero-order valence-corrected chi connectivity index (χ0v) is 10.3. The number of rotatable bonds is 4. The highest BCUT2D eigenvalue weighted by molar-refractivity contribution is 5.92. The number of allylic oxidation sites excluding steroid dienone is 1. The largest absolute Gasteiger partial charge is 0.481 e. The molecule has 5 nitrogen and oxygen atoms in total. The van der Waals surface area contributed by atoms with Gasteiger partial charge in [0, 0.05) is 18.7 Å². The Labute approximate surface area is 101 Å². The molecule has 0 saturated carbocycles. The highest BCUT2D eigenvalue weighted by atomic mass is 16.5. The number of ether oxygens (including phenoxy) is 1. The van der Waals surface area contributed by atoms with Crippen molar-refractivity contribution >= 4 is 11.9 Å². The maximum Gasteiger partial charge on any atom is 0.306 e. The number of carbonyl (C=O) groups is 2. The second-order valence-electron chi connectivity index (χ2n) is 4.14. The fraction of sp³-hybridized carbons (Fsp3) is 0.667. The van der Waals surface area contributed by atoms with Crippen LogP contribution in [0.3, 0.4) is 0 Å². The molecule has 96 valence electrons. The second-order valence-corrected chi connectivity index (χ2v) is 4.14. The Morgan fingerprint density at radius 3 is 2.82 bits per heavy atom. The minimum Gasteiger partial charge on any atom is -0.481 e. The van der Waals surface area contributed by atoms with Crippen LogP contribution < -0.4 is 0 Å². The van der Waals surface area contributed by atoms with Crippen LogP contribution in [0.15, 0.2) is 11.6 Å². The molecular formula is C12H19NO4. The maximum absolute atomic E-state index is 12.0. The summed E-state index contributed by atoms with van der Waals surface area (Å²) >= 11 is 0. The summed E-state index contributed by atoms with van der Waals surface area (Å²) in [6.07, 6.45) is 2.25. The molecule has 1 N–H and O–H groups in total. The van der Waals surface area contributed by atoms with E-state index in [1.165, 1.54) is 0 Å². The highest BCUT2D eigenvalue weighted by Gasteiger charge is 2.26. The number of carboxylic acid groups (broad SMARTS) is 1. The summed E-state index contributed by atoms with van der Waals surface area (Å²) in [6.45, 7) is 5.06. The first kappa shape index (κ1) is 13.7. The quantitative estimate of drug-likeness (QED) is 0.747. The number of amides is 1. The molecule has 1 amide bonds. The van der Waals surface area contributed by atoms with Gasteiger partial charge >= 0.3 is 5.97 Å². The third-order valence-electron chi connectivity index (χ3n) is 2.68. The predicted octanol–water partition coefficient (Wildman–Crippen LogP) is 1.04. The number of hydrogen-bond donors (Lipinski definition) is 1. The van der Waals surface area contributed by atoms with Crippen LogP contribution in [0.2, 0.25) is 0 Å². The molecule has 1 rings (SSSR count). The van der Waals surface area contributed by atoms with Crippen molar-refractivity contribution < 1.29 is 19.4 Å². The lowest BCUT2D eigenvalue weighted by Crippen LogP contribution is -2.46. The summed E-state index contributed by atoms with van der Waals surface area (Å²) < 4.78 is 5.31. The van der Waals surface area contributed by atoms with Crippen molar-refractivity contribution in [3.63, 3.8) is 0 Å². The predicted molar refractivity (Wildman–Crippen MR) is 62.6 cm³/mol. The molecule has 1 fully saturated rings. The number of hydrogen-bond acceptors (Lipinski definition) is 3. The molecule has 1 aliphatic rings. The fourth-order valence-electron chi connectivity index (χ4n) is 1.86. The Hall–Kier alpha value is -1.36. The standard InChI is InChI=1S/C12H19NO4/c1-3-4-9(2)12(16)13-5-6-17-10(8-13)7-11(14)15/h4,10H,3,5-8H2,1-2H3,(H,14,15)/b9-4-/t10-/m0/s1. The van der Waals surface area contributed by atoms with Gasteiger partial charge in [-0.15, -0.1) is 0 Å². The first-order valence-electron chi connectivity index (χ1n) is 5.84. The van der Waals surface area contributed by atoms with Crippen LogP contribution in [0, 0.1) is 0 Å². The van der Waals surface area contributed by atoms with Crippen molar-refractivity contribution in [3.05, 3.63) is 11.6 Å². The smallest absolute Gasteiger partial charge is 0.306 e. The molecule has 0 unspecified atom stereocenters. The summed E-state index contributed by atoms with van der Waals surface area (Å²) in [4.78, 5) is 24.2. The number of morpholine rings is 1. The van der Waals surface area contributed by atoms with Crippen LogP contribution >= 0.6 is 0 Å². The van der Waals surface area contributed by atoms with E-state index in [9.17, 15) is 9.59 Å². The average Bonchev–Trinajstić information content (AvgIpc) is 2.28. The Morgan fingerprint density at radius 1 is 1.53 bits per heavy atom. The van der Waals surface area contributed by atoms with E-state index >= 15 is 0 Å². The Kier molecular flexibility index (Phi) is 5.15. The van der Waals surface area contributed by atoms with Crippen molar-refractivity contribution in [2.24, 2.45) is 0 Å². The lowest BCUT2D eigenvalue weighted by atomic mass is 10.1. The SMILES string of the molecule is CC/C=C(/C)C(=O)N1CCO[C@@H](CC(=O)O)C1. The molecule has 1 aliphatic heterocycles. The van der Waals surface area contributed by atoms with Gasteiger partial charge in [0.05, 0.1) is 19.1 Å². The molecule has 0 aromatic rings. The minimum atomic E-state index is -0.898. The van der Waals surface area contributed by atoms with E-state index in [1.807, 2.05) is 13.0 Å². The number of nitrogens with zero attached hydrogens (tertiary/aromatic N) is 1. The molecule has 1 atom stereocenters. The van der Waals surface area contributed by atoms with Gasteiger partial charge in [-0.1, -0.05) is 13.0 Å². The van der Waals surface area contributed by atoms with Crippen molar-refractivity contribution in [2.75, 3.05) is 19.7 Å². The lowest BCUT2D eigenvalue weighted by Gasteiger charge is -2.32. The molecule has 0 radical (unpaired) electrons. The van der Waals surface area contributed by atoms with E-state index in [4.69, 9.17) is 9.84 Å². The van der Waals surface area contributed by atoms with Gasteiger partial charge in [0.2, 0.25) is 5.91 Å². The molecular weight excluding hydrogens is 222 g/mol. The molecule has 1 saturated heterocycles. The van der Waals surface area contributed by atoms with Crippen LogP contribution in [0.4, 0.5) is 0 Å². The van der Waals surface area contributed by atoms with Gasteiger partial charge in [0.15, 0.2) is 0 Å². The third kappa shape index (κ3) is 4.19. The summed E-state index contributed by atoms with van der Waals surface area (Å²) in [6, 6.07) is 0. The van der Waals surface area contributed by atoms with Crippen LogP contribution in [0.1, 0.15) is 26.7 Å². The molecule has 0 bridgehead atoms. The van der Waals surface area contributed by atoms with Crippen molar-refractivity contribution in [1.29, 1.82) is 0 Å². The molecule has 0 aliphatic carbocycles. The molecule has 0 spiro atoms. The summed E-state index contributed by atoms with van der Waals surface area (Å²) in [5, 5.41) is 8.69. The topological polar surface area (TPSA) is 66.8 Å². The monoisotopic (exact) mass is 241 g/mol.